The number of amides is 1. The van der Waals surface area contributed by atoms with Crippen molar-refractivity contribution in [2.45, 2.75) is 13.1 Å². The van der Waals surface area contributed by atoms with Gasteiger partial charge in [-0.2, -0.15) is 0 Å². The van der Waals surface area contributed by atoms with Crippen molar-refractivity contribution in [3.05, 3.63) is 95.8 Å². The van der Waals surface area contributed by atoms with Gasteiger partial charge in [-0.25, -0.2) is 13.4 Å². The lowest BCUT2D eigenvalue weighted by atomic mass is 10.1. The zero-order valence-electron chi connectivity index (χ0n) is 16.9. The monoisotopic (exact) mass is 434 g/mol. The minimum atomic E-state index is -3.40. The van der Waals surface area contributed by atoms with E-state index in [1.807, 2.05) is 54.9 Å². The fourth-order valence-electron chi connectivity index (χ4n) is 3.32. The van der Waals surface area contributed by atoms with E-state index in [0.29, 0.717) is 24.3 Å². The highest BCUT2D eigenvalue weighted by Crippen LogP contribution is 2.15. The van der Waals surface area contributed by atoms with E-state index >= 15 is 0 Å². The second kappa shape index (κ2) is 8.61. The maximum absolute atomic E-state index is 12.4. The number of imidazole rings is 1. The number of rotatable bonds is 7. The van der Waals surface area contributed by atoms with Gasteiger partial charge in [0.15, 0.2) is 0 Å². The fourth-order valence-corrected chi connectivity index (χ4v) is 3.87. The van der Waals surface area contributed by atoms with Crippen LogP contribution < -0.4 is 10.0 Å². The molecule has 0 fully saturated rings. The number of aromatic nitrogens is 2. The lowest BCUT2D eigenvalue weighted by Gasteiger charge is -2.09. The molecule has 0 bridgehead atoms. The van der Waals surface area contributed by atoms with Gasteiger partial charge in [-0.3, -0.25) is 9.52 Å². The van der Waals surface area contributed by atoms with Crippen molar-refractivity contribution < 1.29 is 13.2 Å². The van der Waals surface area contributed by atoms with Crippen LogP contribution in [0.2, 0.25) is 0 Å². The first-order valence-electron chi connectivity index (χ1n) is 9.71. The zero-order chi connectivity index (χ0) is 21.8. The summed E-state index contributed by atoms with van der Waals surface area (Å²) in [7, 11) is -3.40. The Hall–Kier alpha value is -3.65. The van der Waals surface area contributed by atoms with Crippen LogP contribution in [-0.4, -0.2) is 30.1 Å². The van der Waals surface area contributed by atoms with Crippen LogP contribution in [0.15, 0.2) is 79.1 Å². The van der Waals surface area contributed by atoms with Crippen LogP contribution in [0.4, 0.5) is 5.69 Å². The molecule has 3 aromatic carbocycles. The van der Waals surface area contributed by atoms with Gasteiger partial charge in [0.2, 0.25) is 10.0 Å². The number of benzene rings is 3. The number of para-hydroxylation sites is 2. The predicted octanol–water partition coefficient (Wildman–Crippen LogP) is 3.39. The minimum absolute atomic E-state index is 0.272. The van der Waals surface area contributed by atoms with Gasteiger partial charge in [0.25, 0.3) is 5.91 Å². The smallest absolute Gasteiger partial charge is 0.251 e. The summed E-state index contributed by atoms with van der Waals surface area (Å²) in [4.78, 5) is 16.9. The van der Waals surface area contributed by atoms with Crippen molar-refractivity contribution in [1.29, 1.82) is 0 Å². The van der Waals surface area contributed by atoms with E-state index in [2.05, 4.69) is 19.6 Å². The number of fused-ring (bicyclic) bond motifs is 1. The standard InChI is InChI=1S/C23H22N4O3S/c1-31(29,30)26-20-6-4-5-19(13-20)23(28)24-14-17-9-11-18(12-10-17)15-27-16-25-21-7-2-3-8-22(21)27/h2-13,16,26H,14-15H2,1H3,(H,24,28). The molecule has 0 spiro atoms. The molecule has 31 heavy (non-hydrogen) atoms. The van der Waals surface area contributed by atoms with Crippen molar-refractivity contribution in [3.63, 3.8) is 0 Å². The maximum Gasteiger partial charge on any atom is 0.251 e. The summed E-state index contributed by atoms with van der Waals surface area (Å²) >= 11 is 0. The topological polar surface area (TPSA) is 93.1 Å². The minimum Gasteiger partial charge on any atom is -0.348 e. The third-order valence-corrected chi connectivity index (χ3v) is 5.39. The van der Waals surface area contributed by atoms with E-state index in [1.54, 1.807) is 18.2 Å². The molecule has 158 valence electrons. The molecule has 0 radical (unpaired) electrons. The lowest BCUT2D eigenvalue weighted by molar-refractivity contribution is 0.0951. The lowest BCUT2D eigenvalue weighted by Crippen LogP contribution is -2.23. The summed E-state index contributed by atoms with van der Waals surface area (Å²) in [6.07, 6.45) is 2.91. The second-order valence-electron chi connectivity index (χ2n) is 7.32. The van der Waals surface area contributed by atoms with Crippen LogP contribution in [-0.2, 0) is 23.1 Å². The molecule has 0 aliphatic rings. The van der Waals surface area contributed by atoms with Crippen LogP contribution in [0.25, 0.3) is 11.0 Å². The van der Waals surface area contributed by atoms with E-state index < -0.39 is 10.0 Å². The first-order chi connectivity index (χ1) is 14.9. The summed E-state index contributed by atoms with van der Waals surface area (Å²) in [6, 6.07) is 22.4. The summed E-state index contributed by atoms with van der Waals surface area (Å²) in [5.41, 5.74) is 4.91. The summed E-state index contributed by atoms with van der Waals surface area (Å²) in [5.74, 6) is -0.272. The van der Waals surface area contributed by atoms with E-state index in [0.717, 1.165) is 28.4 Å². The van der Waals surface area contributed by atoms with Gasteiger partial charge in [0.05, 0.1) is 23.6 Å². The molecule has 0 saturated heterocycles. The quantitative estimate of drug-likeness (QED) is 0.466. The summed E-state index contributed by atoms with van der Waals surface area (Å²) in [5, 5.41) is 2.86. The average molecular weight is 435 g/mol. The molecule has 0 saturated carbocycles. The van der Waals surface area contributed by atoms with Gasteiger partial charge >= 0.3 is 0 Å². The molecule has 0 unspecified atom stereocenters. The molecule has 0 aliphatic heterocycles. The molecule has 2 N–H and O–H groups in total. The molecule has 7 nitrogen and oxygen atoms in total. The molecule has 1 heterocycles. The van der Waals surface area contributed by atoms with Gasteiger partial charge in [0, 0.05) is 24.3 Å². The first kappa shape index (κ1) is 20.6. The van der Waals surface area contributed by atoms with E-state index in [9.17, 15) is 13.2 Å². The summed E-state index contributed by atoms with van der Waals surface area (Å²) in [6.45, 7) is 1.09. The van der Waals surface area contributed by atoms with Crippen LogP contribution in [0.3, 0.4) is 0 Å². The third kappa shape index (κ3) is 5.29. The third-order valence-electron chi connectivity index (χ3n) is 4.78. The number of sulfonamides is 1. The Balaban J connectivity index is 1.37. The van der Waals surface area contributed by atoms with Crippen LogP contribution in [0.1, 0.15) is 21.5 Å². The molecule has 4 rings (SSSR count). The number of hydrogen-bond donors (Lipinski definition) is 2. The fraction of sp³-hybridized carbons (Fsp3) is 0.130. The van der Waals surface area contributed by atoms with E-state index in [4.69, 9.17) is 0 Å². The van der Waals surface area contributed by atoms with Crippen LogP contribution in [0, 0.1) is 0 Å². The van der Waals surface area contributed by atoms with Gasteiger partial charge in [-0.15, -0.1) is 0 Å². The largest absolute Gasteiger partial charge is 0.348 e. The van der Waals surface area contributed by atoms with Gasteiger partial charge in [-0.1, -0.05) is 42.5 Å². The van der Waals surface area contributed by atoms with Gasteiger partial charge < -0.3 is 9.88 Å². The number of carbonyl (C=O) groups excluding carboxylic acids is 1. The molecule has 0 atom stereocenters. The number of carbonyl (C=O) groups is 1. The highest BCUT2D eigenvalue weighted by molar-refractivity contribution is 7.92. The van der Waals surface area contributed by atoms with Crippen molar-refractivity contribution in [1.82, 2.24) is 14.9 Å². The van der Waals surface area contributed by atoms with Gasteiger partial charge in [-0.05, 0) is 41.5 Å². The van der Waals surface area contributed by atoms with Crippen LogP contribution >= 0.6 is 0 Å². The van der Waals surface area contributed by atoms with Gasteiger partial charge in [0.1, 0.15) is 0 Å². The van der Waals surface area contributed by atoms with Crippen LogP contribution in [0.5, 0.6) is 0 Å². The molecule has 4 aromatic rings. The summed E-state index contributed by atoms with van der Waals surface area (Å²) < 4.78 is 27.2. The van der Waals surface area contributed by atoms with E-state index in [-0.39, 0.29) is 5.91 Å². The SMILES string of the molecule is CS(=O)(=O)Nc1cccc(C(=O)NCc2ccc(Cn3cnc4ccccc43)cc2)c1. The number of nitrogens with zero attached hydrogens (tertiary/aromatic N) is 2. The molecular formula is C23H22N4O3S. The molecule has 0 aliphatic carbocycles. The van der Waals surface area contributed by atoms with Crippen molar-refractivity contribution in [2.75, 3.05) is 11.0 Å². The Morgan fingerprint density at radius 1 is 0.968 bits per heavy atom. The number of hydrogen-bond acceptors (Lipinski definition) is 4. The predicted molar refractivity (Wildman–Crippen MR) is 121 cm³/mol. The second-order valence-corrected chi connectivity index (χ2v) is 9.06. The zero-order valence-corrected chi connectivity index (χ0v) is 17.8. The Kier molecular flexibility index (Phi) is 5.73. The molecule has 1 aromatic heterocycles. The van der Waals surface area contributed by atoms with Crippen molar-refractivity contribution in [3.8, 4) is 0 Å². The maximum atomic E-state index is 12.4. The number of anilines is 1. The Morgan fingerprint density at radius 3 is 2.48 bits per heavy atom. The normalized spacial score (nSPS) is 11.4. The molecular weight excluding hydrogens is 412 g/mol. The Labute approximate surface area is 180 Å². The highest BCUT2D eigenvalue weighted by Gasteiger charge is 2.09. The number of nitrogens with one attached hydrogen (secondary N) is 2. The molecule has 1 amide bonds. The van der Waals surface area contributed by atoms with Crippen molar-refractivity contribution in [2.24, 2.45) is 0 Å². The van der Waals surface area contributed by atoms with Crippen molar-refractivity contribution >= 4 is 32.7 Å². The van der Waals surface area contributed by atoms with E-state index in [1.165, 1.54) is 6.07 Å². The first-order valence-corrected chi connectivity index (χ1v) is 11.6. The highest BCUT2D eigenvalue weighted by atomic mass is 32.2. The Morgan fingerprint density at radius 2 is 1.71 bits per heavy atom. The Bertz CT molecular complexity index is 1330. The average Bonchev–Trinajstić information content (AvgIpc) is 3.15. The molecule has 8 heteroatoms.